The number of aromatic nitrogens is 2. The number of fused-ring (bicyclic) bond motifs is 1. The molecule has 0 atom stereocenters. The molecule has 0 amide bonds. The molecule has 6 nitrogen and oxygen atoms in total. The van der Waals surface area contributed by atoms with E-state index >= 15 is 0 Å². The summed E-state index contributed by atoms with van der Waals surface area (Å²) in [5.74, 6) is -1.19. The van der Waals surface area contributed by atoms with E-state index in [1.807, 2.05) is 0 Å². The Hall–Kier alpha value is -2.08. The lowest BCUT2D eigenvalue weighted by Gasteiger charge is -2.07. The molecule has 0 saturated heterocycles. The zero-order valence-corrected chi connectivity index (χ0v) is 9.22. The number of nitrogens with zero attached hydrogens (tertiary/aromatic N) is 2. The third kappa shape index (κ3) is 1.83. The molecule has 0 aliphatic rings. The lowest BCUT2D eigenvalue weighted by Crippen LogP contribution is -2.37. The van der Waals surface area contributed by atoms with Crippen LogP contribution >= 0.6 is 11.8 Å². The molecule has 1 aromatic carbocycles. The predicted molar refractivity (Wildman–Crippen MR) is 61.4 cm³/mol. The van der Waals surface area contributed by atoms with Crippen molar-refractivity contribution in [2.45, 2.75) is 6.54 Å². The van der Waals surface area contributed by atoms with Crippen LogP contribution in [0.4, 0.5) is 0 Å². The highest BCUT2D eigenvalue weighted by Gasteiger charge is 2.13. The molecule has 2 rings (SSSR count). The highest BCUT2D eigenvalue weighted by molar-refractivity contribution is 6.15. The van der Waals surface area contributed by atoms with Crippen molar-refractivity contribution in [2.24, 2.45) is 0 Å². The van der Waals surface area contributed by atoms with Gasteiger partial charge in [-0.2, -0.15) is 4.09 Å². The van der Waals surface area contributed by atoms with Crippen LogP contribution in [-0.4, -0.2) is 19.7 Å². The standard InChI is InChI=1S/C10H7ClN2O4/c11-13-9(16)6-3-1-2-4-7(6)12(10(13)17)5-8(14)15/h1-4H,5H2,(H,14,15). The Kier molecular flexibility index (Phi) is 2.72. The topological polar surface area (TPSA) is 81.3 Å². The van der Waals surface area contributed by atoms with E-state index in [9.17, 15) is 14.4 Å². The number of hydrogen-bond acceptors (Lipinski definition) is 3. The van der Waals surface area contributed by atoms with Crippen LogP contribution in [0.3, 0.4) is 0 Å². The number of carbonyl (C=O) groups is 1. The summed E-state index contributed by atoms with van der Waals surface area (Å²) >= 11 is 5.52. The fraction of sp³-hybridized carbons (Fsp3) is 0.100. The second-order valence-corrected chi connectivity index (χ2v) is 3.70. The highest BCUT2D eigenvalue weighted by atomic mass is 35.5. The molecule has 0 radical (unpaired) electrons. The number of rotatable bonds is 2. The van der Waals surface area contributed by atoms with Crippen molar-refractivity contribution in [2.75, 3.05) is 0 Å². The number of carboxylic acids is 1. The van der Waals surface area contributed by atoms with Gasteiger partial charge in [0, 0.05) is 11.8 Å². The molecule has 1 aromatic heterocycles. The minimum absolute atomic E-state index is 0.198. The van der Waals surface area contributed by atoms with Crippen LogP contribution in [0.5, 0.6) is 0 Å². The minimum atomic E-state index is -1.19. The van der Waals surface area contributed by atoms with Crippen molar-refractivity contribution >= 4 is 28.6 Å². The molecule has 17 heavy (non-hydrogen) atoms. The molecule has 0 bridgehead atoms. The summed E-state index contributed by atoms with van der Waals surface area (Å²) in [6, 6.07) is 6.20. The van der Waals surface area contributed by atoms with Crippen LogP contribution in [0.15, 0.2) is 33.9 Å². The summed E-state index contributed by atoms with van der Waals surface area (Å²) in [6.07, 6.45) is 0. The van der Waals surface area contributed by atoms with Crippen LogP contribution in [0, 0.1) is 0 Å². The van der Waals surface area contributed by atoms with Gasteiger partial charge < -0.3 is 5.11 Å². The summed E-state index contributed by atoms with van der Waals surface area (Å²) in [5, 5.41) is 8.92. The SMILES string of the molecule is O=C(O)Cn1c(=O)n(Cl)c(=O)c2ccccc21. The second kappa shape index (κ2) is 4.06. The summed E-state index contributed by atoms with van der Waals surface area (Å²) < 4.78 is 1.32. The van der Waals surface area contributed by atoms with Crippen LogP contribution in [0.1, 0.15) is 0 Å². The zero-order valence-electron chi connectivity index (χ0n) is 8.46. The molecule has 0 unspecified atom stereocenters. The van der Waals surface area contributed by atoms with Crippen molar-refractivity contribution < 1.29 is 9.90 Å². The molecule has 88 valence electrons. The number of para-hydroxylation sites is 1. The fourth-order valence-corrected chi connectivity index (χ4v) is 1.76. The highest BCUT2D eigenvalue weighted by Crippen LogP contribution is 2.07. The van der Waals surface area contributed by atoms with Crippen molar-refractivity contribution in [3.05, 3.63) is 45.1 Å². The third-order valence-corrected chi connectivity index (χ3v) is 2.59. The molecular formula is C10H7ClN2O4. The van der Waals surface area contributed by atoms with E-state index < -0.39 is 23.8 Å². The van der Waals surface area contributed by atoms with Crippen LogP contribution in [0.25, 0.3) is 10.9 Å². The van der Waals surface area contributed by atoms with Gasteiger partial charge in [0.2, 0.25) is 0 Å². The molecule has 0 spiro atoms. The molecule has 7 heteroatoms. The van der Waals surface area contributed by atoms with Gasteiger partial charge in [0.15, 0.2) is 0 Å². The number of benzene rings is 1. The van der Waals surface area contributed by atoms with Crippen LogP contribution in [-0.2, 0) is 11.3 Å². The van der Waals surface area contributed by atoms with E-state index in [1.54, 1.807) is 12.1 Å². The zero-order chi connectivity index (χ0) is 12.6. The lowest BCUT2D eigenvalue weighted by molar-refractivity contribution is -0.137. The maximum Gasteiger partial charge on any atom is 0.347 e. The first-order valence-electron chi connectivity index (χ1n) is 4.65. The Balaban J connectivity index is 2.95. The van der Waals surface area contributed by atoms with Gasteiger partial charge in [-0.25, -0.2) is 4.79 Å². The first-order chi connectivity index (χ1) is 8.02. The largest absolute Gasteiger partial charge is 0.480 e. The maximum absolute atomic E-state index is 11.7. The molecule has 0 saturated carbocycles. The Labute approximate surface area is 99.4 Å². The van der Waals surface area contributed by atoms with E-state index in [0.717, 1.165) is 4.57 Å². The van der Waals surface area contributed by atoms with Gasteiger partial charge >= 0.3 is 11.7 Å². The number of carboxylic acid groups (broad SMARTS) is 1. The number of aliphatic carboxylic acids is 1. The van der Waals surface area contributed by atoms with Crippen molar-refractivity contribution in [1.82, 2.24) is 8.65 Å². The Morgan fingerprint density at radius 1 is 1.29 bits per heavy atom. The first kappa shape index (κ1) is 11.4. The van der Waals surface area contributed by atoms with E-state index in [4.69, 9.17) is 16.9 Å². The van der Waals surface area contributed by atoms with Crippen LogP contribution < -0.4 is 11.2 Å². The average molecular weight is 255 g/mol. The summed E-state index contributed by atoms with van der Waals surface area (Å²) in [5.41, 5.74) is -1.27. The van der Waals surface area contributed by atoms with Gasteiger partial charge in [-0.15, -0.1) is 0 Å². The quantitative estimate of drug-likeness (QED) is 0.833. The van der Waals surface area contributed by atoms with Crippen molar-refractivity contribution in [1.29, 1.82) is 0 Å². The predicted octanol–water partition coefficient (Wildman–Crippen LogP) is 0.250. The molecule has 0 aliphatic carbocycles. The summed E-state index contributed by atoms with van der Waals surface area (Å²) in [6.45, 7) is -0.549. The van der Waals surface area contributed by atoms with Gasteiger partial charge in [-0.1, -0.05) is 12.1 Å². The van der Waals surface area contributed by atoms with E-state index in [0.29, 0.717) is 4.09 Å². The molecule has 1 heterocycles. The van der Waals surface area contributed by atoms with E-state index in [2.05, 4.69) is 0 Å². The van der Waals surface area contributed by atoms with Crippen molar-refractivity contribution in [3.63, 3.8) is 0 Å². The van der Waals surface area contributed by atoms with Gasteiger partial charge in [-0.05, 0) is 12.1 Å². The summed E-state index contributed by atoms with van der Waals surface area (Å²) in [7, 11) is 0. The first-order valence-corrected chi connectivity index (χ1v) is 4.98. The lowest BCUT2D eigenvalue weighted by atomic mass is 10.2. The molecule has 0 aliphatic heterocycles. The average Bonchev–Trinajstić information content (AvgIpc) is 2.31. The van der Waals surface area contributed by atoms with E-state index in [-0.39, 0.29) is 10.9 Å². The minimum Gasteiger partial charge on any atom is -0.480 e. The van der Waals surface area contributed by atoms with Gasteiger partial charge in [0.25, 0.3) is 5.56 Å². The third-order valence-electron chi connectivity index (χ3n) is 2.30. The second-order valence-electron chi connectivity index (χ2n) is 3.37. The molecular weight excluding hydrogens is 248 g/mol. The van der Waals surface area contributed by atoms with Gasteiger partial charge in [0.05, 0.1) is 10.9 Å². The Morgan fingerprint density at radius 2 is 1.94 bits per heavy atom. The van der Waals surface area contributed by atoms with E-state index in [1.165, 1.54) is 12.1 Å². The number of halogens is 1. The molecule has 0 fully saturated rings. The van der Waals surface area contributed by atoms with Crippen LogP contribution in [0.2, 0.25) is 0 Å². The summed E-state index contributed by atoms with van der Waals surface area (Å²) in [4.78, 5) is 34.0. The normalized spacial score (nSPS) is 10.6. The van der Waals surface area contributed by atoms with Crippen molar-refractivity contribution in [3.8, 4) is 0 Å². The van der Waals surface area contributed by atoms with Gasteiger partial charge in [0.1, 0.15) is 6.54 Å². The fourth-order valence-electron chi connectivity index (χ4n) is 1.58. The van der Waals surface area contributed by atoms with Gasteiger partial charge in [-0.3, -0.25) is 14.2 Å². The monoisotopic (exact) mass is 254 g/mol. The Bertz CT molecular complexity index is 716. The Morgan fingerprint density at radius 3 is 2.59 bits per heavy atom. The number of hydrogen-bond donors (Lipinski definition) is 1. The molecule has 2 aromatic rings. The smallest absolute Gasteiger partial charge is 0.347 e. The molecule has 1 N–H and O–H groups in total. The maximum atomic E-state index is 11.7.